The molecule has 3 aromatic rings. The molecule has 11 heteroatoms. The summed E-state index contributed by atoms with van der Waals surface area (Å²) in [6, 6.07) is 11.1. The zero-order valence-corrected chi connectivity index (χ0v) is 22.4. The van der Waals surface area contributed by atoms with Crippen LogP contribution in [-0.2, 0) is 19.6 Å². The lowest BCUT2D eigenvalue weighted by Gasteiger charge is -2.25. The van der Waals surface area contributed by atoms with E-state index in [1.165, 1.54) is 12.3 Å². The van der Waals surface area contributed by atoms with Crippen molar-refractivity contribution in [1.82, 2.24) is 19.9 Å². The second-order valence-electron chi connectivity index (χ2n) is 9.98. The van der Waals surface area contributed by atoms with Crippen molar-refractivity contribution in [2.24, 2.45) is 5.92 Å². The zero-order valence-electron chi connectivity index (χ0n) is 21.6. The number of sulfonamides is 1. The molecule has 202 valence electrons. The normalized spacial score (nSPS) is 19.7. The molecule has 38 heavy (non-hydrogen) atoms. The predicted molar refractivity (Wildman–Crippen MR) is 141 cm³/mol. The molecule has 2 N–H and O–H groups in total. The second kappa shape index (κ2) is 11.4. The SMILES string of the molecule is CC(C)CC(NC(=O)c1cc2ccccc2o1)C(=O)N[C@H]1CC[C@@H](C)N(S(=O)(=O)c2ccccn2)CC1=O. The molecule has 1 aliphatic rings. The minimum Gasteiger partial charge on any atom is -0.451 e. The largest absolute Gasteiger partial charge is 0.451 e. The first-order chi connectivity index (χ1) is 18.1. The number of hydrogen-bond acceptors (Lipinski definition) is 7. The van der Waals surface area contributed by atoms with E-state index < -0.39 is 45.7 Å². The molecule has 2 amide bonds. The Labute approximate surface area is 221 Å². The van der Waals surface area contributed by atoms with Crippen molar-refractivity contribution < 1.29 is 27.2 Å². The third kappa shape index (κ3) is 6.11. The number of carbonyl (C=O) groups excluding carboxylic acids is 3. The van der Waals surface area contributed by atoms with Crippen molar-refractivity contribution in [3.05, 3.63) is 60.5 Å². The number of pyridine rings is 1. The molecule has 3 atom stereocenters. The molecule has 0 saturated carbocycles. The van der Waals surface area contributed by atoms with Crippen molar-refractivity contribution >= 4 is 38.6 Å². The lowest BCUT2D eigenvalue weighted by Crippen LogP contribution is -2.52. The number of nitrogens with one attached hydrogen (secondary N) is 2. The maximum atomic E-state index is 13.3. The minimum atomic E-state index is -3.99. The highest BCUT2D eigenvalue weighted by atomic mass is 32.2. The Balaban J connectivity index is 1.47. The van der Waals surface area contributed by atoms with Gasteiger partial charge in [0.25, 0.3) is 15.9 Å². The maximum absolute atomic E-state index is 13.3. The van der Waals surface area contributed by atoms with E-state index >= 15 is 0 Å². The van der Waals surface area contributed by atoms with Crippen LogP contribution in [0.2, 0.25) is 0 Å². The summed E-state index contributed by atoms with van der Waals surface area (Å²) in [6.45, 7) is 5.19. The van der Waals surface area contributed by atoms with E-state index in [0.717, 1.165) is 9.69 Å². The van der Waals surface area contributed by atoms with Gasteiger partial charge in [-0.1, -0.05) is 38.1 Å². The standard InChI is InChI=1S/C27H32N4O6S/c1-17(2)14-21(30-27(34)24-15-19-8-4-5-9-23(19)37-24)26(33)29-20-12-11-18(3)31(16-22(20)32)38(35,36)25-10-6-7-13-28-25/h4-10,13,15,17-18,20-21H,11-12,14,16H2,1-3H3,(H,29,33)(H,30,34)/t18-,20+,21?/m1/s1. The Morgan fingerprint density at radius 3 is 2.55 bits per heavy atom. The van der Waals surface area contributed by atoms with Crippen LogP contribution in [0.25, 0.3) is 11.0 Å². The van der Waals surface area contributed by atoms with Gasteiger partial charge in [0.15, 0.2) is 16.6 Å². The number of rotatable bonds is 8. The topological polar surface area (TPSA) is 139 Å². The highest BCUT2D eigenvalue weighted by molar-refractivity contribution is 7.89. The van der Waals surface area contributed by atoms with Crippen LogP contribution in [0.1, 0.15) is 50.6 Å². The van der Waals surface area contributed by atoms with Crippen LogP contribution in [0.15, 0.2) is 64.2 Å². The molecule has 1 aliphatic heterocycles. The zero-order chi connectivity index (χ0) is 27.4. The molecule has 1 aromatic carbocycles. The molecular formula is C27H32N4O6S. The lowest BCUT2D eigenvalue weighted by molar-refractivity contribution is -0.129. The van der Waals surface area contributed by atoms with Gasteiger partial charge < -0.3 is 15.1 Å². The molecule has 0 bridgehead atoms. The van der Waals surface area contributed by atoms with E-state index in [1.807, 2.05) is 26.0 Å². The monoisotopic (exact) mass is 540 g/mol. The van der Waals surface area contributed by atoms with Crippen LogP contribution in [0, 0.1) is 5.92 Å². The number of ketones is 1. The summed E-state index contributed by atoms with van der Waals surface area (Å²) < 4.78 is 33.0. The fourth-order valence-corrected chi connectivity index (χ4v) is 6.09. The van der Waals surface area contributed by atoms with Gasteiger partial charge in [0, 0.05) is 17.6 Å². The van der Waals surface area contributed by atoms with Crippen molar-refractivity contribution in [3.8, 4) is 0 Å². The first-order valence-electron chi connectivity index (χ1n) is 12.6. The van der Waals surface area contributed by atoms with Crippen LogP contribution in [0.3, 0.4) is 0 Å². The number of carbonyl (C=O) groups is 3. The van der Waals surface area contributed by atoms with Gasteiger partial charge >= 0.3 is 0 Å². The predicted octanol–water partition coefficient (Wildman–Crippen LogP) is 2.90. The highest BCUT2D eigenvalue weighted by Gasteiger charge is 2.38. The molecular weight excluding hydrogens is 508 g/mol. The van der Waals surface area contributed by atoms with Gasteiger partial charge in [-0.25, -0.2) is 13.4 Å². The molecule has 1 fully saturated rings. The van der Waals surface area contributed by atoms with Gasteiger partial charge in [-0.05, 0) is 56.4 Å². The smallest absolute Gasteiger partial charge is 0.287 e. The number of para-hydroxylation sites is 1. The average Bonchev–Trinajstić information content (AvgIpc) is 3.27. The van der Waals surface area contributed by atoms with Crippen LogP contribution in [0.4, 0.5) is 0 Å². The molecule has 0 spiro atoms. The average molecular weight is 541 g/mol. The molecule has 1 unspecified atom stereocenters. The first-order valence-corrected chi connectivity index (χ1v) is 14.1. The number of hydrogen-bond donors (Lipinski definition) is 2. The van der Waals surface area contributed by atoms with Crippen LogP contribution in [0.5, 0.6) is 0 Å². The number of nitrogens with zero attached hydrogens (tertiary/aromatic N) is 2. The Hall–Kier alpha value is -3.57. The number of aromatic nitrogens is 1. The summed E-state index contributed by atoms with van der Waals surface area (Å²) in [4.78, 5) is 43.3. The van der Waals surface area contributed by atoms with Crippen LogP contribution in [-0.4, -0.2) is 60.0 Å². The summed E-state index contributed by atoms with van der Waals surface area (Å²) in [7, 11) is -3.99. The van der Waals surface area contributed by atoms with E-state index in [-0.39, 0.29) is 29.7 Å². The van der Waals surface area contributed by atoms with E-state index in [0.29, 0.717) is 18.4 Å². The van der Waals surface area contributed by atoms with Gasteiger partial charge in [0.05, 0.1) is 12.6 Å². The van der Waals surface area contributed by atoms with Gasteiger partial charge in [0.1, 0.15) is 11.6 Å². The summed E-state index contributed by atoms with van der Waals surface area (Å²) in [5.41, 5.74) is 0.561. The fourth-order valence-electron chi connectivity index (χ4n) is 4.53. The van der Waals surface area contributed by atoms with Gasteiger partial charge in [0.2, 0.25) is 5.91 Å². The second-order valence-corrected chi connectivity index (χ2v) is 11.8. The summed E-state index contributed by atoms with van der Waals surface area (Å²) in [5, 5.41) is 6.13. The quantitative estimate of drug-likeness (QED) is 0.448. The van der Waals surface area contributed by atoms with Crippen LogP contribution >= 0.6 is 0 Å². The number of amides is 2. The number of fused-ring (bicyclic) bond motifs is 1. The molecule has 10 nitrogen and oxygen atoms in total. The summed E-state index contributed by atoms with van der Waals surface area (Å²) in [5.74, 6) is -1.30. The third-order valence-corrected chi connectivity index (χ3v) is 8.45. The Morgan fingerprint density at radius 2 is 1.87 bits per heavy atom. The van der Waals surface area contributed by atoms with Crippen molar-refractivity contribution in [2.75, 3.05) is 6.54 Å². The van der Waals surface area contributed by atoms with Crippen molar-refractivity contribution in [3.63, 3.8) is 0 Å². The minimum absolute atomic E-state index is 0.0746. The molecule has 3 heterocycles. The van der Waals surface area contributed by atoms with E-state index in [9.17, 15) is 22.8 Å². The highest BCUT2D eigenvalue weighted by Crippen LogP contribution is 2.23. The molecule has 2 aromatic heterocycles. The molecule has 4 rings (SSSR count). The Morgan fingerprint density at radius 1 is 1.13 bits per heavy atom. The summed E-state index contributed by atoms with van der Waals surface area (Å²) in [6.07, 6.45) is 2.36. The Bertz CT molecular complexity index is 1390. The lowest BCUT2D eigenvalue weighted by atomic mass is 10.0. The fraction of sp³-hybridized carbons (Fsp3) is 0.407. The van der Waals surface area contributed by atoms with Gasteiger partial charge in [-0.3, -0.25) is 14.4 Å². The van der Waals surface area contributed by atoms with Crippen LogP contribution < -0.4 is 10.6 Å². The van der Waals surface area contributed by atoms with Gasteiger partial charge in [-0.2, -0.15) is 4.31 Å². The summed E-state index contributed by atoms with van der Waals surface area (Å²) >= 11 is 0. The number of Topliss-reactive ketones (excluding diaryl/α,β-unsaturated/α-hetero) is 1. The van der Waals surface area contributed by atoms with E-state index in [4.69, 9.17) is 4.42 Å². The molecule has 1 saturated heterocycles. The van der Waals surface area contributed by atoms with Gasteiger partial charge in [-0.15, -0.1) is 0 Å². The number of benzene rings is 1. The van der Waals surface area contributed by atoms with E-state index in [2.05, 4.69) is 15.6 Å². The first kappa shape index (κ1) is 27.5. The number of furan rings is 1. The van der Waals surface area contributed by atoms with Crippen molar-refractivity contribution in [1.29, 1.82) is 0 Å². The molecule has 0 aliphatic carbocycles. The third-order valence-electron chi connectivity index (χ3n) is 6.57. The van der Waals surface area contributed by atoms with Crippen molar-refractivity contribution in [2.45, 2.75) is 63.2 Å². The van der Waals surface area contributed by atoms with E-state index in [1.54, 1.807) is 37.3 Å². The Kier molecular flexibility index (Phi) is 8.27. The maximum Gasteiger partial charge on any atom is 0.287 e. The molecule has 0 radical (unpaired) electrons.